The summed E-state index contributed by atoms with van der Waals surface area (Å²) in [6.07, 6.45) is 0. The van der Waals surface area contributed by atoms with E-state index in [2.05, 4.69) is 23.8 Å². The van der Waals surface area contributed by atoms with Gasteiger partial charge in [0.05, 0.1) is 13.1 Å². The van der Waals surface area contributed by atoms with Crippen LogP contribution in [0.3, 0.4) is 0 Å². The Hall–Kier alpha value is -2.31. The molecule has 7 heteroatoms. The van der Waals surface area contributed by atoms with Crippen LogP contribution in [0.2, 0.25) is 0 Å². The molecule has 0 aromatic heterocycles. The van der Waals surface area contributed by atoms with E-state index in [1.165, 1.54) is 13.8 Å². The van der Waals surface area contributed by atoms with E-state index in [0.29, 0.717) is 11.1 Å². The largest absolute Gasteiger partial charge is 0.460 e. The molecule has 0 aliphatic carbocycles. The highest BCUT2D eigenvalue weighted by Crippen LogP contribution is 1.91. The molecule has 112 valence electrons. The molecular formula is C13H20N2O5. The second-order valence-electron chi connectivity index (χ2n) is 4.02. The van der Waals surface area contributed by atoms with Crippen molar-refractivity contribution in [2.45, 2.75) is 13.8 Å². The Bertz CT molecular complexity index is 368. The highest BCUT2D eigenvalue weighted by Gasteiger charge is 2.05. The van der Waals surface area contributed by atoms with Crippen LogP contribution in [0.5, 0.6) is 0 Å². The van der Waals surface area contributed by atoms with Crippen LogP contribution in [0.15, 0.2) is 24.3 Å². The number of nitrogens with one attached hydrogen (secondary N) is 2. The van der Waals surface area contributed by atoms with Crippen LogP contribution in [0, 0.1) is 0 Å². The summed E-state index contributed by atoms with van der Waals surface area (Å²) in [5.74, 6) is -1.00. The standard InChI is InChI=1S/C13H20N2O5/c1-9(2)11(16)19-7-5-14-13(18)15-6-8-20-12(17)10(3)4/h1,3,5-8H2,2,4H3,(H2,14,15,18). The lowest BCUT2D eigenvalue weighted by Crippen LogP contribution is -2.39. The number of hydrogen-bond acceptors (Lipinski definition) is 5. The monoisotopic (exact) mass is 284 g/mol. The van der Waals surface area contributed by atoms with Gasteiger partial charge in [0.2, 0.25) is 0 Å². The number of rotatable bonds is 8. The van der Waals surface area contributed by atoms with E-state index >= 15 is 0 Å². The molecule has 0 saturated carbocycles. The summed E-state index contributed by atoms with van der Waals surface area (Å²) >= 11 is 0. The van der Waals surface area contributed by atoms with Gasteiger partial charge in [0, 0.05) is 11.1 Å². The highest BCUT2D eigenvalue weighted by atomic mass is 16.5. The first kappa shape index (κ1) is 17.7. The SMILES string of the molecule is C=C(C)C(=O)OCCNC(=O)NCCOC(=O)C(=C)C. The van der Waals surface area contributed by atoms with Crippen molar-refractivity contribution in [3.8, 4) is 0 Å². The van der Waals surface area contributed by atoms with Crippen molar-refractivity contribution in [1.29, 1.82) is 0 Å². The minimum atomic E-state index is -0.501. The van der Waals surface area contributed by atoms with E-state index in [0.717, 1.165) is 0 Å². The number of hydrogen-bond donors (Lipinski definition) is 2. The molecule has 7 nitrogen and oxygen atoms in total. The lowest BCUT2D eigenvalue weighted by Gasteiger charge is -2.08. The molecule has 0 heterocycles. The Morgan fingerprint density at radius 1 is 0.850 bits per heavy atom. The Kier molecular flexibility index (Phi) is 8.49. The van der Waals surface area contributed by atoms with Crippen LogP contribution < -0.4 is 10.6 Å². The number of ether oxygens (including phenoxy) is 2. The molecule has 0 aromatic rings. The van der Waals surface area contributed by atoms with Gasteiger partial charge in [0.25, 0.3) is 0 Å². The molecule has 0 saturated heterocycles. The maximum Gasteiger partial charge on any atom is 0.333 e. The number of amides is 2. The van der Waals surface area contributed by atoms with Crippen molar-refractivity contribution >= 4 is 18.0 Å². The Morgan fingerprint density at radius 2 is 1.20 bits per heavy atom. The Balaban J connectivity index is 3.55. The van der Waals surface area contributed by atoms with Crippen LogP contribution in [0.25, 0.3) is 0 Å². The predicted molar refractivity (Wildman–Crippen MR) is 72.9 cm³/mol. The summed E-state index contributed by atoms with van der Waals surface area (Å²) < 4.78 is 9.55. The van der Waals surface area contributed by atoms with Crippen molar-refractivity contribution in [2.75, 3.05) is 26.3 Å². The molecule has 2 N–H and O–H groups in total. The first-order chi connectivity index (χ1) is 9.34. The zero-order valence-electron chi connectivity index (χ0n) is 11.8. The lowest BCUT2D eigenvalue weighted by molar-refractivity contribution is -0.139. The van der Waals surface area contributed by atoms with E-state index < -0.39 is 18.0 Å². The average Bonchev–Trinajstić information content (AvgIpc) is 2.38. The van der Waals surface area contributed by atoms with Crippen molar-refractivity contribution in [2.24, 2.45) is 0 Å². The number of carbonyl (C=O) groups is 3. The molecule has 0 atom stereocenters. The molecule has 0 aliphatic rings. The molecular weight excluding hydrogens is 264 g/mol. The zero-order chi connectivity index (χ0) is 15.5. The number of urea groups is 1. The van der Waals surface area contributed by atoms with Gasteiger partial charge in [0.15, 0.2) is 0 Å². The van der Waals surface area contributed by atoms with E-state index in [-0.39, 0.29) is 26.3 Å². The van der Waals surface area contributed by atoms with Gasteiger partial charge in [-0.1, -0.05) is 13.2 Å². The van der Waals surface area contributed by atoms with E-state index in [1.807, 2.05) is 0 Å². The van der Waals surface area contributed by atoms with Gasteiger partial charge in [0.1, 0.15) is 13.2 Å². The molecule has 0 rings (SSSR count). The topological polar surface area (TPSA) is 93.7 Å². The van der Waals surface area contributed by atoms with E-state index in [9.17, 15) is 14.4 Å². The van der Waals surface area contributed by atoms with Crippen LogP contribution >= 0.6 is 0 Å². The summed E-state index contributed by atoms with van der Waals surface area (Å²) in [4.78, 5) is 33.3. The molecule has 2 amide bonds. The second kappa shape index (κ2) is 9.60. The van der Waals surface area contributed by atoms with E-state index in [1.54, 1.807) is 0 Å². The van der Waals surface area contributed by atoms with Gasteiger partial charge in [-0.15, -0.1) is 0 Å². The first-order valence-corrected chi connectivity index (χ1v) is 6.01. The highest BCUT2D eigenvalue weighted by molar-refractivity contribution is 5.87. The molecule has 0 bridgehead atoms. The smallest absolute Gasteiger partial charge is 0.333 e. The molecule has 0 spiro atoms. The normalized spacial score (nSPS) is 9.30. The lowest BCUT2D eigenvalue weighted by atomic mass is 10.4. The van der Waals surface area contributed by atoms with Crippen LogP contribution in [-0.4, -0.2) is 44.3 Å². The average molecular weight is 284 g/mol. The minimum absolute atomic E-state index is 0.0593. The summed E-state index contributed by atoms with van der Waals surface area (Å²) in [7, 11) is 0. The fourth-order valence-corrected chi connectivity index (χ4v) is 0.925. The van der Waals surface area contributed by atoms with Crippen molar-refractivity contribution < 1.29 is 23.9 Å². The third-order valence-electron chi connectivity index (χ3n) is 1.94. The minimum Gasteiger partial charge on any atom is -0.460 e. The van der Waals surface area contributed by atoms with Gasteiger partial charge in [-0.2, -0.15) is 0 Å². The molecule has 0 fully saturated rings. The van der Waals surface area contributed by atoms with E-state index in [4.69, 9.17) is 9.47 Å². The number of carbonyl (C=O) groups excluding carboxylic acids is 3. The third kappa shape index (κ3) is 8.73. The zero-order valence-corrected chi connectivity index (χ0v) is 11.8. The predicted octanol–water partition coefficient (Wildman–Crippen LogP) is 0.524. The maximum absolute atomic E-state index is 11.3. The van der Waals surface area contributed by atoms with Crippen molar-refractivity contribution in [3.63, 3.8) is 0 Å². The second-order valence-corrected chi connectivity index (χ2v) is 4.02. The fraction of sp³-hybridized carbons (Fsp3) is 0.462. The first-order valence-electron chi connectivity index (χ1n) is 6.01. The van der Waals surface area contributed by atoms with Crippen molar-refractivity contribution in [1.82, 2.24) is 10.6 Å². The van der Waals surface area contributed by atoms with Gasteiger partial charge in [-0.3, -0.25) is 0 Å². The van der Waals surface area contributed by atoms with Crippen LogP contribution in [-0.2, 0) is 19.1 Å². The Labute approximate surface area is 118 Å². The summed E-state index contributed by atoms with van der Waals surface area (Å²) in [5.41, 5.74) is 0.600. The molecule has 0 aliphatic heterocycles. The fourth-order valence-electron chi connectivity index (χ4n) is 0.925. The molecule has 0 aromatic carbocycles. The van der Waals surface area contributed by atoms with Gasteiger partial charge < -0.3 is 20.1 Å². The summed E-state index contributed by atoms with van der Waals surface area (Å²) in [5, 5.41) is 4.95. The van der Waals surface area contributed by atoms with Gasteiger partial charge in [-0.05, 0) is 13.8 Å². The molecule has 20 heavy (non-hydrogen) atoms. The van der Waals surface area contributed by atoms with Gasteiger partial charge >= 0.3 is 18.0 Å². The Morgan fingerprint density at radius 3 is 1.50 bits per heavy atom. The van der Waals surface area contributed by atoms with Crippen molar-refractivity contribution in [3.05, 3.63) is 24.3 Å². The van der Waals surface area contributed by atoms with Crippen LogP contribution in [0.1, 0.15) is 13.8 Å². The van der Waals surface area contributed by atoms with Gasteiger partial charge in [-0.25, -0.2) is 14.4 Å². The molecule has 0 radical (unpaired) electrons. The molecule has 0 unspecified atom stereocenters. The number of esters is 2. The summed E-state index contributed by atoms with van der Waals surface area (Å²) in [6, 6.07) is -0.442. The summed E-state index contributed by atoms with van der Waals surface area (Å²) in [6.45, 7) is 10.4. The maximum atomic E-state index is 11.3. The van der Waals surface area contributed by atoms with Crippen LogP contribution in [0.4, 0.5) is 4.79 Å². The third-order valence-corrected chi connectivity index (χ3v) is 1.94. The quantitative estimate of drug-likeness (QED) is 0.385.